The van der Waals surface area contributed by atoms with Crippen molar-refractivity contribution in [1.29, 1.82) is 0 Å². The number of hydrogen-bond donors (Lipinski definition) is 4. The van der Waals surface area contributed by atoms with Gasteiger partial charge in [0.15, 0.2) is 0 Å². The lowest BCUT2D eigenvalue weighted by Gasteiger charge is -2.10. The third kappa shape index (κ3) is 38.7. The molecule has 3 aliphatic heterocycles. The van der Waals surface area contributed by atoms with Crippen LogP contribution in [-0.4, -0.2) is 89.8 Å². The molecule has 9 heteroatoms. The fraction of sp³-hybridized carbons (Fsp3) is 0.806. The molecule has 0 aromatic heterocycles. The van der Waals surface area contributed by atoms with E-state index in [4.69, 9.17) is 20.1 Å². The summed E-state index contributed by atoms with van der Waals surface area (Å²) >= 11 is 0. The van der Waals surface area contributed by atoms with E-state index in [9.17, 15) is 0 Å². The number of rotatable bonds is 5. The molecule has 3 rings (SSSR count). The Hall–Kier alpha value is -1.41. The van der Waals surface area contributed by atoms with Gasteiger partial charge in [0, 0.05) is 40.8 Å². The van der Waals surface area contributed by atoms with Crippen molar-refractivity contribution in [2.24, 2.45) is 17.8 Å². The summed E-state index contributed by atoms with van der Waals surface area (Å²) in [5, 5.41) is 32.4. The van der Waals surface area contributed by atoms with Gasteiger partial charge < -0.3 is 34.8 Å². The van der Waals surface area contributed by atoms with Crippen molar-refractivity contribution in [3.8, 4) is 0 Å². The van der Waals surface area contributed by atoms with Crippen LogP contribution in [0.15, 0.2) is 36.8 Å². The van der Waals surface area contributed by atoms with Gasteiger partial charge in [0.1, 0.15) is 0 Å². The Morgan fingerprint density at radius 2 is 0.925 bits per heavy atom. The molecule has 4 N–H and O–H groups in total. The highest BCUT2D eigenvalue weighted by Crippen LogP contribution is 2.16. The first-order valence-corrected chi connectivity index (χ1v) is 15.4. The van der Waals surface area contributed by atoms with Crippen molar-refractivity contribution in [2.75, 3.05) is 40.8 Å². The molecule has 0 saturated carbocycles. The Morgan fingerprint density at radius 3 is 1.12 bits per heavy atom. The Bertz CT molecular complexity index is 534. The molecule has 7 nitrogen and oxygen atoms in total. The van der Waals surface area contributed by atoms with Gasteiger partial charge in [-0.15, -0.1) is 0 Å². The smallest absolute Gasteiger partial charge is 0.427 e. The molecule has 0 spiro atoms. The van der Waals surface area contributed by atoms with Crippen molar-refractivity contribution in [2.45, 2.75) is 109 Å². The summed E-state index contributed by atoms with van der Waals surface area (Å²) in [7, 11) is 3.89. The molecule has 3 atom stereocenters. The van der Waals surface area contributed by atoms with Crippen LogP contribution in [0.2, 0.25) is 13.1 Å². The highest BCUT2D eigenvalue weighted by atomic mass is 16.4. The maximum atomic E-state index is 8.60. The summed E-state index contributed by atoms with van der Waals surface area (Å²) in [5.41, 5.74) is 0. The third-order valence-electron chi connectivity index (χ3n) is 5.10. The van der Waals surface area contributed by atoms with Crippen LogP contribution in [0, 0.1) is 17.8 Å². The molecule has 3 unspecified atom stereocenters. The lowest BCUT2D eigenvalue weighted by molar-refractivity contribution is 0.382. The minimum Gasteiger partial charge on any atom is -0.427 e. The van der Waals surface area contributed by atoms with Gasteiger partial charge in [-0.05, 0) is 62.3 Å². The van der Waals surface area contributed by atoms with Crippen LogP contribution >= 0.6 is 0 Å². The van der Waals surface area contributed by atoms with Gasteiger partial charge in [-0.1, -0.05) is 101 Å². The molecule has 0 aliphatic carbocycles. The van der Waals surface area contributed by atoms with E-state index in [1.807, 2.05) is 79.6 Å². The lowest BCUT2D eigenvalue weighted by Crippen LogP contribution is -2.19. The van der Waals surface area contributed by atoms with Crippen molar-refractivity contribution >= 4 is 14.2 Å². The van der Waals surface area contributed by atoms with E-state index in [1.54, 1.807) is 0 Å². The quantitative estimate of drug-likeness (QED) is 0.272. The molecule has 0 saturated heterocycles. The van der Waals surface area contributed by atoms with E-state index in [2.05, 4.69) is 62.3 Å². The minimum atomic E-state index is -1.17. The first-order valence-electron chi connectivity index (χ1n) is 15.4. The van der Waals surface area contributed by atoms with E-state index in [0.29, 0.717) is 12.2 Å². The third-order valence-corrected chi connectivity index (χ3v) is 5.10. The monoisotopic (exact) mass is 574 g/mol. The normalized spacial score (nSPS) is 18.4. The summed E-state index contributed by atoms with van der Waals surface area (Å²) in [6.45, 7) is 25.1. The second-order valence-corrected chi connectivity index (χ2v) is 8.67. The summed E-state index contributed by atoms with van der Waals surface area (Å²) in [5.74, 6) is 1.96. The fourth-order valence-electron chi connectivity index (χ4n) is 3.53. The van der Waals surface area contributed by atoms with Crippen LogP contribution < -0.4 is 0 Å². The maximum Gasteiger partial charge on any atom is 0.452 e. The Morgan fingerprint density at radius 1 is 0.625 bits per heavy atom. The van der Waals surface area contributed by atoms with Crippen LogP contribution in [-0.2, 0) is 0 Å². The van der Waals surface area contributed by atoms with E-state index in [0.717, 1.165) is 18.4 Å². The van der Waals surface area contributed by atoms with Crippen LogP contribution in [0.1, 0.15) is 95.9 Å². The largest absolute Gasteiger partial charge is 0.452 e. The fourth-order valence-corrected chi connectivity index (χ4v) is 3.53. The summed E-state index contributed by atoms with van der Waals surface area (Å²) in [4.78, 5) is 6.52. The van der Waals surface area contributed by atoms with E-state index in [-0.39, 0.29) is 7.43 Å². The van der Waals surface area contributed by atoms with Gasteiger partial charge in [-0.2, -0.15) is 0 Å². The maximum absolute atomic E-state index is 8.60. The summed E-state index contributed by atoms with van der Waals surface area (Å²) in [6.07, 6.45) is 17.3. The molecular formula is C31H73B2N3O4. The van der Waals surface area contributed by atoms with Crippen molar-refractivity contribution in [1.82, 2.24) is 14.7 Å². The minimum absolute atomic E-state index is 0. The lowest BCUT2D eigenvalue weighted by atomic mass is 9.79. The molecule has 242 valence electrons. The Kier molecular flexibility index (Phi) is 51.0. The molecule has 0 aromatic carbocycles. The highest BCUT2D eigenvalue weighted by Gasteiger charge is 2.18. The molecule has 3 heterocycles. The molecule has 0 amide bonds. The molecule has 0 radical (unpaired) electrons. The number of nitrogens with zero attached hydrogens (tertiary/aromatic N) is 3. The summed E-state index contributed by atoms with van der Waals surface area (Å²) < 4.78 is 0. The predicted molar refractivity (Wildman–Crippen MR) is 184 cm³/mol. The van der Waals surface area contributed by atoms with Crippen LogP contribution in [0.25, 0.3) is 0 Å². The van der Waals surface area contributed by atoms with Crippen molar-refractivity contribution < 1.29 is 20.1 Å². The van der Waals surface area contributed by atoms with Gasteiger partial charge in [0.25, 0.3) is 0 Å². The molecule has 0 aromatic rings. The van der Waals surface area contributed by atoms with Crippen LogP contribution in [0.4, 0.5) is 0 Å². The second kappa shape index (κ2) is 39.7. The second-order valence-electron chi connectivity index (χ2n) is 8.67. The van der Waals surface area contributed by atoms with Gasteiger partial charge in [-0.25, -0.2) is 0 Å². The van der Waals surface area contributed by atoms with Crippen LogP contribution in [0.3, 0.4) is 0 Å². The molecular weight excluding hydrogens is 500 g/mol. The average Bonchev–Trinajstić information content (AvgIpc) is 3.66. The van der Waals surface area contributed by atoms with Gasteiger partial charge in [-0.3, -0.25) is 0 Å². The molecule has 0 fully saturated rings. The van der Waals surface area contributed by atoms with Crippen molar-refractivity contribution in [3.05, 3.63) is 36.8 Å². The topological polar surface area (TPSA) is 90.6 Å². The number of hydrogen-bond acceptors (Lipinski definition) is 7. The zero-order valence-electron chi connectivity index (χ0n) is 28.4. The van der Waals surface area contributed by atoms with Crippen molar-refractivity contribution in [3.63, 3.8) is 0 Å². The first-order chi connectivity index (χ1) is 18.6. The van der Waals surface area contributed by atoms with Gasteiger partial charge >= 0.3 is 14.2 Å². The zero-order valence-corrected chi connectivity index (χ0v) is 28.4. The average molecular weight is 574 g/mol. The Labute approximate surface area is 253 Å². The van der Waals surface area contributed by atoms with E-state index >= 15 is 0 Å². The zero-order chi connectivity index (χ0) is 31.8. The van der Waals surface area contributed by atoms with E-state index in [1.165, 1.54) is 39.2 Å². The SMILES string of the molecule is C.CB(O)O.CC.CC.CC.CC.CCC1C=CN(C)C1.CCCC1C=CN(C)C1.CN1C=CC(CB(O)O)C1. The summed E-state index contributed by atoms with van der Waals surface area (Å²) in [6, 6.07) is 0. The first kappa shape index (κ1) is 51.3. The standard InChI is InChI=1S/C8H15N.C7H13N.C6H12BNO2.4C2H6.CH5BO2.CH4/c1-3-4-8-5-6-9(2)7-8;1-3-7-4-5-8(2)6-7;1-8-3-2-6(5-8)4-7(9)10;4*1-2;1-2(3)4;/h5-6,8H,3-4,7H2,1-2H3;4-5,7H,3,6H2,1-2H3;2-3,6,9-10H,4-5H2,1H3;4*1-2H3;3-4H,1H3;1H4. The van der Waals surface area contributed by atoms with Gasteiger partial charge in [0.05, 0.1) is 0 Å². The van der Waals surface area contributed by atoms with E-state index < -0.39 is 14.2 Å². The predicted octanol–water partition coefficient (Wildman–Crippen LogP) is 6.70. The highest BCUT2D eigenvalue weighted by molar-refractivity contribution is 6.41. The molecule has 0 bridgehead atoms. The molecule has 3 aliphatic rings. The van der Waals surface area contributed by atoms with Crippen LogP contribution in [0.5, 0.6) is 0 Å². The Balaban J connectivity index is -0.0000000903. The van der Waals surface area contributed by atoms with Gasteiger partial charge in [0.2, 0.25) is 0 Å². The molecule has 40 heavy (non-hydrogen) atoms.